The van der Waals surface area contributed by atoms with Crippen LogP contribution in [0.15, 0.2) is 71.8 Å². The number of aromatic hydroxyl groups is 1. The minimum absolute atomic E-state index is 0.0107. The van der Waals surface area contributed by atoms with Crippen LogP contribution in [0, 0.1) is 37.5 Å². The third-order valence-electron chi connectivity index (χ3n) is 12.0. The Morgan fingerprint density at radius 1 is 0.885 bits per heavy atom. The average molecular weight is 841 g/mol. The smallest absolute Gasteiger partial charge is 0.312 e. The Balaban J connectivity index is 1.51. The maximum absolute atomic E-state index is 14.8. The summed E-state index contributed by atoms with van der Waals surface area (Å²) >= 11 is 0. The fourth-order valence-corrected chi connectivity index (χ4v) is 8.76. The number of fused-ring (bicyclic) bond motifs is 10. The number of carbonyl (C=O) groups is 5. The van der Waals surface area contributed by atoms with Crippen LogP contribution in [0.1, 0.15) is 105 Å². The molecule has 0 spiro atoms. The van der Waals surface area contributed by atoms with Crippen LogP contribution >= 0.6 is 0 Å². The van der Waals surface area contributed by atoms with Crippen molar-refractivity contribution in [3.63, 3.8) is 0 Å². The van der Waals surface area contributed by atoms with Gasteiger partial charge in [0.15, 0.2) is 5.79 Å². The number of esters is 1. The monoisotopic (exact) mass is 840 g/mol. The molecule has 61 heavy (non-hydrogen) atoms. The van der Waals surface area contributed by atoms with Gasteiger partial charge in [0.2, 0.25) is 11.6 Å². The summed E-state index contributed by atoms with van der Waals surface area (Å²) in [6, 6.07) is 7.03. The zero-order valence-corrected chi connectivity index (χ0v) is 36.8. The highest BCUT2D eigenvalue weighted by molar-refractivity contribution is 6.33. The summed E-state index contributed by atoms with van der Waals surface area (Å²) in [5.74, 6) is -8.76. The Morgan fingerprint density at radius 3 is 2.23 bits per heavy atom. The van der Waals surface area contributed by atoms with E-state index in [4.69, 9.17) is 28.4 Å². The molecule has 1 fully saturated rings. The number of Topliss-reactive ketones (excluding diaryl/α,β-unsaturated/α-hetero) is 3. The number of ketones is 3. The molecular formula is C47H56N2O12. The molecule has 9 unspecified atom stereocenters. The quantitative estimate of drug-likeness (QED) is 0.264. The van der Waals surface area contributed by atoms with Crippen molar-refractivity contribution in [1.29, 1.82) is 0 Å². The molecule has 4 aliphatic heterocycles. The average Bonchev–Trinajstić information content (AvgIpc) is 3.46. The molecule has 0 radical (unpaired) electrons. The summed E-state index contributed by atoms with van der Waals surface area (Å²) in [6.07, 6.45) is 5.77. The third-order valence-corrected chi connectivity index (χ3v) is 12.0. The molecule has 5 aliphatic rings. The number of hydrogen-bond donors (Lipinski definition) is 3. The molecule has 7 bridgehead atoms. The fourth-order valence-electron chi connectivity index (χ4n) is 8.76. The van der Waals surface area contributed by atoms with E-state index in [2.05, 4.69) is 10.6 Å². The van der Waals surface area contributed by atoms with Crippen molar-refractivity contribution in [2.24, 2.45) is 23.7 Å². The van der Waals surface area contributed by atoms with E-state index in [-0.39, 0.29) is 52.0 Å². The van der Waals surface area contributed by atoms with Crippen molar-refractivity contribution in [1.82, 2.24) is 5.32 Å². The molecular weight excluding hydrogens is 785 g/mol. The number of ether oxygens (including phenoxy) is 6. The largest absolute Gasteiger partial charge is 0.507 e. The van der Waals surface area contributed by atoms with Gasteiger partial charge in [-0.3, -0.25) is 24.0 Å². The topological polar surface area (TPSA) is 185 Å². The van der Waals surface area contributed by atoms with Gasteiger partial charge in [0.05, 0.1) is 41.3 Å². The fraction of sp³-hybridized carbons (Fsp3) is 0.468. The van der Waals surface area contributed by atoms with Gasteiger partial charge in [-0.05, 0) is 58.4 Å². The van der Waals surface area contributed by atoms with Gasteiger partial charge in [-0.1, -0.05) is 58.1 Å². The molecule has 3 N–H and O–H groups in total. The number of benzene rings is 2. The lowest BCUT2D eigenvalue weighted by Gasteiger charge is -2.50. The Morgan fingerprint density at radius 2 is 1.57 bits per heavy atom. The van der Waals surface area contributed by atoms with Crippen LogP contribution in [0.2, 0.25) is 0 Å². The number of hydrogen-bond acceptors (Lipinski definition) is 13. The molecule has 2 aromatic rings. The molecule has 7 rings (SSSR count). The molecule has 0 saturated carbocycles. The predicted octanol–water partition coefficient (Wildman–Crippen LogP) is 7.18. The van der Waals surface area contributed by atoms with E-state index in [1.54, 1.807) is 43.4 Å². The number of methoxy groups -OCH3 is 1. The molecule has 4 heterocycles. The van der Waals surface area contributed by atoms with Gasteiger partial charge in [-0.15, -0.1) is 0 Å². The van der Waals surface area contributed by atoms with Gasteiger partial charge >= 0.3 is 11.8 Å². The Kier molecular flexibility index (Phi) is 12.6. The Bertz CT molecular complexity index is 2290. The van der Waals surface area contributed by atoms with E-state index in [1.807, 2.05) is 60.6 Å². The summed E-state index contributed by atoms with van der Waals surface area (Å²) in [5.41, 5.74) is -0.358. The summed E-state index contributed by atoms with van der Waals surface area (Å²) in [4.78, 5) is 70.3. The highest BCUT2D eigenvalue weighted by atomic mass is 16.7. The highest BCUT2D eigenvalue weighted by Crippen LogP contribution is 2.49. The summed E-state index contributed by atoms with van der Waals surface area (Å²) in [6.45, 7) is 19.1. The van der Waals surface area contributed by atoms with Crippen LogP contribution in [-0.4, -0.2) is 77.4 Å². The van der Waals surface area contributed by atoms with Gasteiger partial charge in [0, 0.05) is 61.5 Å². The SMILES string of the molecule is COC1C=COC2(C)Oc3c(C)c(O)c4c(c3C2=O)C(=O)C(Nc2cccc(C)c2)=C(NC(=O)C(C)=CC=CC(C)C2OC(C)(C)OC(C2C)C(C)C(OC(C)=O)C1C)C4=O. The zero-order valence-electron chi connectivity index (χ0n) is 36.8. The number of phenolic OH excluding ortho intramolecular Hbond substituents is 1. The van der Waals surface area contributed by atoms with Crippen LogP contribution in [-0.2, 0) is 33.3 Å². The van der Waals surface area contributed by atoms with Gasteiger partial charge in [0.25, 0.3) is 11.7 Å². The van der Waals surface area contributed by atoms with Crippen LogP contribution < -0.4 is 15.4 Å². The standard InChI is InChI=1S/C47H56N2O12/c1-22-15-13-18-30(21-22)48-35-36-39(53)33-32(38(35)52)34-43(26(5)37(33)51)61-47(11,44(34)54)57-20-19-31(56-12)25(4)41(58-29(8)50)28(7)42-27(6)40(59-46(9,10)60-42)23(2)16-14-17-24(3)45(55)49-36/h13-21,23,25,27-28,31,40-42,48,51H,1-12H3,(H,49,55). The highest BCUT2D eigenvalue weighted by Gasteiger charge is 2.53. The second-order valence-corrected chi connectivity index (χ2v) is 17.1. The first-order valence-electron chi connectivity index (χ1n) is 20.5. The van der Waals surface area contributed by atoms with Crippen molar-refractivity contribution in [3.8, 4) is 11.5 Å². The van der Waals surface area contributed by atoms with Crippen LogP contribution in [0.4, 0.5) is 5.69 Å². The maximum atomic E-state index is 14.8. The Labute approximate surface area is 356 Å². The van der Waals surface area contributed by atoms with Gasteiger partial charge in [0.1, 0.15) is 29.0 Å². The molecule has 14 nitrogen and oxygen atoms in total. The van der Waals surface area contributed by atoms with Crippen LogP contribution in [0.25, 0.3) is 0 Å². The first kappa shape index (κ1) is 45.0. The lowest BCUT2D eigenvalue weighted by molar-refractivity contribution is -0.336. The lowest BCUT2D eigenvalue weighted by Crippen LogP contribution is -2.56. The predicted molar refractivity (Wildman–Crippen MR) is 225 cm³/mol. The zero-order chi connectivity index (χ0) is 44.9. The molecule has 1 amide bonds. The molecule has 2 aromatic carbocycles. The number of nitrogens with one attached hydrogen (secondary N) is 2. The lowest BCUT2D eigenvalue weighted by atomic mass is 9.77. The van der Waals surface area contributed by atoms with Crippen molar-refractivity contribution in [2.45, 2.75) is 112 Å². The van der Waals surface area contributed by atoms with Gasteiger partial charge in [-0.25, -0.2) is 0 Å². The normalized spacial score (nSPS) is 30.3. The summed E-state index contributed by atoms with van der Waals surface area (Å²) < 4.78 is 37.1. The minimum atomic E-state index is -2.06. The van der Waals surface area contributed by atoms with E-state index in [0.29, 0.717) is 5.69 Å². The molecule has 1 saturated heterocycles. The first-order valence-corrected chi connectivity index (χ1v) is 20.5. The molecule has 1 aliphatic carbocycles. The number of allylic oxidation sites excluding steroid dienone is 4. The Hall–Kier alpha value is -5.57. The first-order chi connectivity index (χ1) is 28.6. The summed E-state index contributed by atoms with van der Waals surface area (Å²) in [7, 11) is 1.50. The van der Waals surface area contributed by atoms with Crippen molar-refractivity contribution in [2.75, 3.05) is 12.4 Å². The van der Waals surface area contributed by atoms with E-state index in [0.717, 1.165) is 5.56 Å². The number of rotatable bonds is 4. The summed E-state index contributed by atoms with van der Waals surface area (Å²) in [5, 5.41) is 17.2. The van der Waals surface area contributed by atoms with Crippen LogP contribution in [0.3, 0.4) is 0 Å². The number of amides is 1. The van der Waals surface area contributed by atoms with E-state index < -0.39 is 87.6 Å². The molecule has 14 heteroatoms. The van der Waals surface area contributed by atoms with Gasteiger partial charge < -0.3 is 44.2 Å². The van der Waals surface area contributed by atoms with E-state index in [1.165, 1.54) is 34.1 Å². The van der Waals surface area contributed by atoms with Gasteiger partial charge in [-0.2, -0.15) is 0 Å². The number of carbonyl (C=O) groups excluding carboxylic acids is 5. The minimum Gasteiger partial charge on any atom is -0.507 e. The second-order valence-electron chi connectivity index (χ2n) is 17.1. The number of anilines is 1. The third kappa shape index (κ3) is 8.53. The second kappa shape index (κ2) is 17.1. The van der Waals surface area contributed by atoms with Crippen molar-refractivity contribution >= 4 is 34.9 Å². The van der Waals surface area contributed by atoms with Crippen molar-refractivity contribution < 1.29 is 57.5 Å². The molecule has 0 aromatic heterocycles. The molecule has 326 valence electrons. The molecule has 9 atom stereocenters. The van der Waals surface area contributed by atoms with Crippen LogP contribution in [0.5, 0.6) is 11.5 Å². The van der Waals surface area contributed by atoms with Crippen molar-refractivity contribution in [3.05, 3.63) is 99.6 Å². The number of aryl methyl sites for hydroxylation is 1. The maximum Gasteiger partial charge on any atom is 0.312 e. The number of phenols is 1. The van der Waals surface area contributed by atoms with E-state index in [9.17, 15) is 29.1 Å². The van der Waals surface area contributed by atoms with E-state index >= 15 is 0 Å².